The molecule has 8 heteroatoms. The molecule has 3 aromatic rings. The van der Waals surface area contributed by atoms with Gasteiger partial charge in [0.25, 0.3) is 5.56 Å². The van der Waals surface area contributed by atoms with Gasteiger partial charge in [-0.1, -0.05) is 13.0 Å². The zero-order valence-corrected chi connectivity index (χ0v) is 16.9. The molecule has 0 radical (unpaired) electrons. The number of nitrogens with zero attached hydrogens (tertiary/aromatic N) is 2. The molecule has 4 rings (SSSR count). The number of aryl methyl sites for hydroxylation is 1. The molecule has 1 fully saturated rings. The van der Waals surface area contributed by atoms with E-state index in [1.807, 2.05) is 31.3 Å². The number of aromatic carboxylic acids is 1. The van der Waals surface area contributed by atoms with Gasteiger partial charge < -0.3 is 19.8 Å². The van der Waals surface area contributed by atoms with Gasteiger partial charge in [0.05, 0.1) is 5.69 Å². The SMILES string of the molecule is CCc1c(-c2ccc3c(c2)cc(CN2CCC(F)C2)n3C)[nH]c(=O)c(C(=O)O)c1O. The van der Waals surface area contributed by atoms with E-state index in [1.165, 1.54) is 0 Å². The van der Waals surface area contributed by atoms with Crippen molar-refractivity contribution < 1.29 is 19.4 Å². The summed E-state index contributed by atoms with van der Waals surface area (Å²) in [6.45, 7) is 3.63. The minimum Gasteiger partial charge on any atom is -0.506 e. The maximum atomic E-state index is 13.5. The number of aromatic amines is 1. The molecule has 1 aromatic carbocycles. The fourth-order valence-corrected chi connectivity index (χ4v) is 4.29. The summed E-state index contributed by atoms with van der Waals surface area (Å²) in [7, 11) is 1.97. The molecule has 0 aliphatic carbocycles. The Morgan fingerprint density at radius 2 is 2.10 bits per heavy atom. The second kappa shape index (κ2) is 7.60. The van der Waals surface area contributed by atoms with Crippen LogP contribution in [0, 0.1) is 0 Å². The normalized spacial score (nSPS) is 17.1. The van der Waals surface area contributed by atoms with Crippen molar-refractivity contribution in [3.8, 4) is 17.0 Å². The van der Waals surface area contributed by atoms with E-state index in [2.05, 4.69) is 14.5 Å². The molecule has 1 aliphatic heterocycles. The van der Waals surface area contributed by atoms with E-state index < -0.39 is 29.0 Å². The number of carbonyl (C=O) groups is 1. The summed E-state index contributed by atoms with van der Waals surface area (Å²) in [5.74, 6) is -1.96. The first-order chi connectivity index (χ1) is 14.3. The monoisotopic (exact) mass is 413 g/mol. The molecule has 2 aromatic heterocycles. The smallest absolute Gasteiger partial charge is 0.345 e. The van der Waals surface area contributed by atoms with E-state index in [4.69, 9.17) is 0 Å². The highest BCUT2D eigenvalue weighted by Crippen LogP contribution is 2.32. The third-order valence-corrected chi connectivity index (χ3v) is 5.89. The summed E-state index contributed by atoms with van der Waals surface area (Å²) in [6, 6.07) is 7.71. The zero-order valence-electron chi connectivity index (χ0n) is 16.9. The van der Waals surface area contributed by atoms with Gasteiger partial charge in [-0.25, -0.2) is 9.18 Å². The van der Waals surface area contributed by atoms with E-state index >= 15 is 0 Å². The van der Waals surface area contributed by atoms with E-state index in [-0.39, 0.29) is 0 Å². The topological polar surface area (TPSA) is 98.6 Å². The van der Waals surface area contributed by atoms with Gasteiger partial charge in [0.15, 0.2) is 5.56 Å². The predicted octanol–water partition coefficient (Wildman–Crippen LogP) is 3.04. The van der Waals surface area contributed by atoms with Gasteiger partial charge in [0, 0.05) is 48.8 Å². The lowest BCUT2D eigenvalue weighted by Gasteiger charge is -2.15. The van der Waals surface area contributed by atoms with Crippen LogP contribution in [-0.4, -0.2) is 49.9 Å². The number of aromatic nitrogens is 2. The Labute approximate surface area is 172 Å². The summed E-state index contributed by atoms with van der Waals surface area (Å²) < 4.78 is 15.6. The molecule has 0 saturated carbocycles. The number of aromatic hydroxyl groups is 1. The minimum atomic E-state index is -1.46. The number of alkyl halides is 1. The maximum absolute atomic E-state index is 13.5. The highest BCUT2D eigenvalue weighted by molar-refractivity contribution is 5.92. The van der Waals surface area contributed by atoms with Crippen LogP contribution in [0.4, 0.5) is 4.39 Å². The fraction of sp³-hybridized carbons (Fsp3) is 0.364. The highest BCUT2D eigenvalue weighted by Gasteiger charge is 2.24. The third kappa shape index (κ3) is 3.37. The lowest BCUT2D eigenvalue weighted by Crippen LogP contribution is -2.21. The number of hydrogen-bond acceptors (Lipinski definition) is 4. The summed E-state index contributed by atoms with van der Waals surface area (Å²) in [5, 5.41) is 20.6. The van der Waals surface area contributed by atoms with Crippen LogP contribution in [0.2, 0.25) is 0 Å². The van der Waals surface area contributed by atoms with E-state index in [0.29, 0.717) is 42.8 Å². The summed E-state index contributed by atoms with van der Waals surface area (Å²) in [5.41, 5.74) is 2.06. The van der Waals surface area contributed by atoms with Crippen molar-refractivity contribution in [1.29, 1.82) is 0 Å². The number of hydrogen-bond donors (Lipinski definition) is 3. The van der Waals surface area contributed by atoms with Gasteiger partial charge in [-0.2, -0.15) is 0 Å². The largest absolute Gasteiger partial charge is 0.506 e. The highest BCUT2D eigenvalue weighted by atomic mass is 19.1. The van der Waals surface area contributed by atoms with Crippen molar-refractivity contribution in [1.82, 2.24) is 14.5 Å². The molecular formula is C22H24FN3O4. The Hall–Kier alpha value is -3.13. The van der Waals surface area contributed by atoms with Crippen LogP contribution in [0.15, 0.2) is 29.1 Å². The molecule has 1 unspecified atom stereocenters. The van der Waals surface area contributed by atoms with Gasteiger partial charge in [-0.15, -0.1) is 0 Å². The Bertz CT molecular complexity index is 1200. The van der Waals surface area contributed by atoms with Crippen LogP contribution >= 0.6 is 0 Å². The number of carboxylic acids is 1. The zero-order chi connectivity index (χ0) is 21.6. The van der Waals surface area contributed by atoms with Crippen molar-refractivity contribution in [2.24, 2.45) is 7.05 Å². The summed E-state index contributed by atoms with van der Waals surface area (Å²) in [4.78, 5) is 28.3. The van der Waals surface area contributed by atoms with Crippen LogP contribution < -0.4 is 5.56 Å². The first kappa shape index (κ1) is 20.2. The van der Waals surface area contributed by atoms with Crippen molar-refractivity contribution in [2.75, 3.05) is 13.1 Å². The third-order valence-electron chi connectivity index (χ3n) is 5.89. The lowest BCUT2D eigenvalue weighted by atomic mass is 9.99. The maximum Gasteiger partial charge on any atom is 0.345 e. The number of likely N-dealkylation sites (tertiary alicyclic amines) is 1. The molecule has 3 heterocycles. The first-order valence-electron chi connectivity index (χ1n) is 9.96. The Morgan fingerprint density at radius 1 is 1.33 bits per heavy atom. The summed E-state index contributed by atoms with van der Waals surface area (Å²) >= 11 is 0. The predicted molar refractivity (Wildman–Crippen MR) is 112 cm³/mol. The number of fused-ring (bicyclic) bond motifs is 1. The van der Waals surface area contributed by atoms with Gasteiger partial charge in [-0.3, -0.25) is 9.69 Å². The Balaban J connectivity index is 1.77. The van der Waals surface area contributed by atoms with Crippen LogP contribution in [0.3, 0.4) is 0 Å². The van der Waals surface area contributed by atoms with Crippen LogP contribution in [0.1, 0.15) is 35.0 Å². The van der Waals surface area contributed by atoms with Crippen molar-refractivity contribution in [2.45, 2.75) is 32.5 Å². The van der Waals surface area contributed by atoms with E-state index in [1.54, 1.807) is 6.92 Å². The number of rotatable bonds is 5. The molecule has 0 spiro atoms. The van der Waals surface area contributed by atoms with E-state index in [0.717, 1.165) is 23.1 Å². The average Bonchev–Trinajstić information content (AvgIpc) is 3.24. The second-order valence-electron chi connectivity index (χ2n) is 7.78. The van der Waals surface area contributed by atoms with Gasteiger partial charge in [0.1, 0.15) is 11.9 Å². The standard InChI is InChI=1S/C22H24FN3O4/c1-3-16-19(24-21(28)18(20(16)27)22(29)30)12-4-5-17-13(8-12)9-15(25(17)2)11-26-7-6-14(23)10-26/h4-5,8-9,14H,3,6-7,10-11H2,1-2H3,(H,29,30)(H2,24,27,28). The Kier molecular flexibility index (Phi) is 5.11. The summed E-state index contributed by atoms with van der Waals surface area (Å²) in [6.07, 6.45) is 0.157. The molecule has 1 aliphatic rings. The number of halogens is 1. The van der Waals surface area contributed by atoms with Gasteiger partial charge >= 0.3 is 5.97 Å². The number of benzene rings is 1. The van der Waals surface area contributed by atoms with Crippen molar-refractivity contribution >= 4 is 16.9 Å². The molecular weight excluding hydrogens is 389 g/mol. The fourth-order valence-electron chi connectivity index (χ4n) is 4.29. The molecule has 30 heavy (non-hydrogen) atoms. The molecule has 0 bridgehead atoms. The van der Waals surface area contributed by atoms with Gasteiger partial charge in [-0.05, 0) is 36.6 Å². The lowest BCUT2D eigenvalue weighted by molar-refractivity contribution is 0.0691. The quantitative estimate of drug-likeness (QED) is 0.597. The Morgan fingerprint density at radius 3 is 2.73 bits per heavy atom. The number of H-pyrrole nitrogens is 1. The molecule has 7 nitrogen and oxygen atoms in total. The molecule has 1 saturated heterocycles. The van der Waals surface area contributed by atoms with Crippen LogP contribution in [-0.2, 0) is 20.0 Å². The number of nitrogens with one attached hydrogen (secondary N) is 1. The molecule has 3 N–H and O–H groups in total. The molecule has 158 valence electrons. The average molecular weight is 413 g/mol. The molecule has 1 atom stereocenters. The van der Waals surface area contributed by atoms with Crippen molar-refractivity contribution in [3.63, 3.8) is 0 Å². The minimum absolute atomic E-state index is 0.357. The number of pyridine rings is 1. The van der Waals surface area contributed by atoms with Crippen LogP contribution in [0.25, 0.3) is 22.2 Å². The van der Waals surface area contributed by atoms with Crippen LogP contribution in [0.5, 0.6) is 5.75 Å². The van der Waals surface area contributed by atoms with Crippen molar-refractivity contribution in [3.05, 3.63) is 51.4 Å². The second-order valence-corrected chi connectivity index (χ2v) is 7.78. The molecule has 0 amide bonds. The number of carboxylic acid groups (broad SMARTS) is 1. The first-order valence-corrected chi connectivity index (χ1v) is 9.96. The van der Waals surface area contributed by atoms with Gasteiger partial charge in [0.2, 0.25) is 0 Å². The van der Waals surface area contributed by atoms with E-state index in [9.17, 15) is 24.2 Å².